The van der Waals surface area contributed by atoms with E-state index in [9.17, 15) is 13.7 Å². The number of fused-ring (bicyclic) bond motifs is 4. The summed E-state index contributed by atoms with van der Waals surface area (Å²) >= 11 is 0. The first-order valence-corrected chi connectivity index (χ1v) is 13.9. The van der Waals surface area contributed by atoms with Crippen LogP contribution in [0, 0.1) is 0 Å². The van der Waals surface area contributed by atoms with Crippen LogP contribution in [0.3, 0.4) is 0 Å². The third kappa shape index (κ3) is 4.38. The van der Waals surface area contributed by atoms with Crippen molar-refractivity contribution in [3.8, 4) is 44.5 Å². The predicted octanol–water partition coefficient (Wildman–Crippen LogP) is 13.0. The topological polar surface area (TPSA) is 0 Å². The molecule has 0 aromatic heterocycles. The van der Waals surface area contributed by atoms with Gasteiger partial charge in [-0.25, -0.2) is 0 Å². The average Bonchev–Trinajstić information content (AvgIpc) is 3.34. The maximum atomic E-state index is 9.97. The van der Waals surface area contributed by atoms with E-state index in [4.69, 9.17) is 20.6 Å². The Labute approximate surface area is 304 Å². The molecule has 0 saturated carbocycles. The molecule has 0 saturated heterocycles. The van der Waals surface area contributed by atoms with Crippen LogP contribution in [0.15, 0.2) is 181 Å². The Balaban J connectivity index is 1.60. The van der Waals surface area contributed by atoms with Crippen molar-refractivity contribution in [3.05, 3.63) is 181 Å². The molecule has 9 rings (SSSR count). The van der Waals surface area contributed by atoms with Crippen LogP contribution in [0.25, 0.3) is 87.6 Å². The second kappa shape index (κ2) is 10.9. The Morgan fingerprint density at radius 3 is 1.67 bits per heavy atom. The molecular formula is C46H30. The van der Waals surface area contributed by atoms with E-state index in [0.717, 1.165) is 0 Å². The smallest absolute Gasteiger partial charge is 0.0622 e. The van der Waals surface area contributed by atoms with Crippen LogP contribution in [0.2, 0.25) is 0 Å². The summed E-state index contributed by atoms with van der Waals surface area (Å²) in [7, 11) is 0. The normalized spacial score (nSPS) is 19.1. The first kappa shape index (κ1) is 11.4. The van der Waals surface area contributed by atoms with Crippen molar-refractivity contribution in [1.29, 1.82) is 0 Å². The van der Waals surface area contributed by atoms with Gasteiger partial charge in [-0.2, -0.15) is 0 Å². The fraction of sp³-hybridized carbons (Fsp3) is 0. The number of hydrogen-bond donors (Lipinski definition) is 0. The van der Waals surface area contributed by atoms with Gasteiger partial charge in [-0.15, -0.1) is 0 Å². The summed E-state index contributed by atoms with van der Waals surface area (Å²) in [6.45, 7) is 0. The zero-order valence-electron chi connectivity index (χ0n) is 48.4. The Bertz CT molecular complexity index is 3940. The van der Waals surface area contributed by atoms with Gasteiger partial charge in [-0.05, 0) is 99.7 Å². The summed E-state index contributed by atoms with van der Waals surface area (Å²) in [5.41, 5.74) is -4.31. The molecule has 0 aliphatic heterocycles. The summed E-state index contributed by atoms with van der Waals surface area (Å²) in [6, 6.07) is -14.0. The molecular weight excluding hydrogens is 553 g/mol. The molecule has 0 bridgehead atoms. The van der Waals surface area contributed by atoms with Crippen molar-refractivity contribution in [2.45, 2.75) is 0 Å². The van der Waals surface area contributed by atoms with Crippen LogP contribution in [-0.4, -0.2) is 0 Å². The summed E-state index contributed by atoms with van der Waals surface area (Å²) in [5, 5.41) is -4.74. The molecule has 0 amide bonds. The van der Waals surface area contributed by atoms with Gasteiger partial charge in [0.2, 0.25) is 0 Å². The minimum Gasteiger partial charge on any atom is -0.0622 e. The Hall–Kier alpha value is -5.98. The van der Waals surface area contributed by atoms with Crippen LogP contribution in [-0.2, 0) is 0 Å². The zero-order chi connectivity index (χ0) is 52.2. The molecule has 0 nitrogen and oxygen atoms in total. The van der Waals surface area contributed by atoms with Gasteiger partial charge in [0.25, 0.3) is 0 Å². The number of rotatable bonds is 4. The lowest BCUT2D eigenvalue weighted by Gasteiger charge is -2.20. The van der Waals surface area contributed by atoms with Crippen molar-refractivity contribution in [1.82, 2.24) is 0 Å². The SMILES string of the molecule is [2H]c1c([2H])c(-c2c3c([2H])c([2H])c([2H])c([2H])c3c(-c3c([2H])c([2H])c([2H])c4c([2H])c([2H])c([2H])c([2H])c34)c3c([2H])c(-c4ccccc4)c([2H])c([2H])c23)c([2H])c([2H])c1-c1c([2H])c([2H])c2c([2H])c([2H])c([2H])c([2H])c2c1[2H]. The van der Waals surface area contributed by atoms with Crippen LogP contribution >= 0.6 is 0 Å². The minimum absolute atomic E-state index is 0.168. The third-order valence-corrected chi connectivity index (χ3v) is 7.50. The zero-order valence-corrected chi connectivity index (χ0v) is 23.4. The van der Waals surface area contributed by atoms with Crippen molar-refractivity contribution >= 4 is 43.1 Å². The quantitative estimate of drug-likeness (QED) is 0.175. The lowest BCUT2D eigenvalue weighted by Crippen LogP contribution is -1.92. The predicted molar refractivity (Wildman–Crippen MR) is 198 cm³/mol. The van der Waals surface area contributed by atoms with Crippen molar-refractivity contribution in [2.24, 2.45) is 0 Å². The second-order valence-electron chi connectivity index (χ2n) is 10.1. The molecule has 0 heterocycles. The molecule has 0 aliphatic rings. The fourth-order valence-electron chi connectivity index (χ4n) is 5.44. The van der Waals surface area contributed by atoms with Gasteiger partial charge >= 0.3 is 0 Å². The van der Waals surface area contributed by atoms with E-state index in [-0.39, 0.29) is 11.1 Å². The first-order valence-electron chi connectivity index (χ1n) is 26.4. The van der Waals surface area contributed by atoms with E-state index in [0.29, 0.717) is 0 Å². The highest BCUT2D eigenvalue weighted by molar-refractivity contribution is 6.24. The summed E-state index contributed by atoms with van der Waals surface area (Å²) in [4.78, 5) is 0. The van der Waals surface area contributed by atoms with E-state index >= 15 is 0 Å². The van der Waals surface area contributed by atoms with Gasteiger partial charge in [0, 0.05) is 0 Å². The highest BCUT2D eigenvalue weighted by Crippen LogP contribution is 2.46. The Morgan fingerprint density at radius 2 is 0.870 bits per heavy atom. The maximum absolute atomic E-state index is 9.97. The van der Waals surface area contributed by atoms with E-state index < -0.39 is 228 Å². The van der Waals surface area contributed by atoms with Gasteiger partial charge in [-0.1, -0.05) is 169 Å². The van der Waals surface area contributed by atoms with E-state index in [2.05, 4.69) is 0 Å². The molecule has 0 spiro atoms. The first-order chi connectivity index (χ1) is 33.3. The third-order valence-electron chi connectivity index (χ3n) is 7.50. The van der Waals surface area contributed by atoms with Gasteiger partial charge < -0.3 is 0 Å². The number of benzene rings is 9. The molecule has 0 aliphatic carbocycles. The molecule has 0 unspecified atom stereocenters. The van der Waals surface area contributed by atoms with Crippen LogP contribution in [0.4, 0.5) is 0 Å². The summed E-state index contributed by atoms with van der Waals surface area (Å²) < 4.78 is 226. The van der Waals surface area contributed by atoms with Gasteiger partial charge in [0.15, 0.2) is 0 Å². The maximum Gasteiger partial charge on any atom is 0.0636 e. The summed E-state index contributed by atoms with van der Waals surface area (Å²) in [6.07, 6.45) is 0. The molecule has 0 radical (unpaired) electrons. The van der Waals surface area contributed by atoms with Crippen molar-refractivity contribution in [2.75, 3.05) is 0 Å². The van der Waals surface area contributed by atoms with Gasteiger partial charge in [0.05, 0.1) is 34.3 Å². The van der Waals surface area contributed by atoms with E-state index in [1.807, 2.05) is 0 Å². The van der Waals surface area contributed by atoms with Crippen molar-refractivity contribution in [3.63, 3.8) is 0 Å². The molecule has 0 heteroatoms. The fourth-order valence-corrected chi connectivity index (χ4v) is 5.44. The van der Waals surface area contributed by atoms with Crippen molar-refractivity contribution < 1.29 is 34.3 Å². The summed E-state index contributed by atoms with van der Waals surface area (Å²) in [5.74, 6) is 0. The van der Waals surface area contributed by atoms with Gasteiger partial charge in [0.1, 0.15) is 0 Å². The molecule has 0 N–H and O–H groups in total. The Kier molecular flexibility index (Phi) is 2.70. The minimum atomic E-state index is -1.04. The van der Waals surface area contributed by atoms with Crippen LogP contribution in [0.1, 0.15) is 34.3 Å². The molecule has 9 aromatic rings. The molecule has 0 fully saturated rings. The van der Waals surface area contributed by atoms with Gasteiger partial charge in [-0.3, -0.25) is 0 Å². The molecule has 46 heavy (non-hydrogen) atoms. The Morgan fingerprint density at radius 1 is 0.304 bits per heavy atom. The highest BCUT2D eigenvalue weighted by Gasteiger charge is 2.19. The largest absolute Gasteiger partial charge is 0.0636 e. The van der Waals surface area contributed by atoms with Crippen LogP contribution < -0.4 is 0 Å². The lowest BCUT2D eigenvalue weighted by atomic mass is 9.83. The van der Waals surface area contributed by atoms with Crippen LogP contribution in [0.5, 0.6) is 0 Å². The monoisotopic (exact) mass is 607 g/mol. The average molecular weight is 608 g/mol. The molecule has 9 aromatic carbocycles. The highest BCUT2D eigenvalue weighted by atomic mass is 14.2. The number of hydrogen-bond acceptors (Lipinski definition) is 0. The standard InChI is InChI=1S/C46H30/c1-2-11-31(12-3-1)38-27-28-43-44(30-38)46(40-20-10-16-34-14-6-7-17-39(34)40)42-19-9-8-18-41(42)45(43)35-24-21-33(22-25-35)37-26-23-32-13-4-5-15-36(32)29-37/h1-30H/i4D,5D,6D,7D,8D,9D,10D,13D,14D,15D,16D,17D,18D,19D,20D,21D,22D,23D,24D,25D,26D,27D,28D,29D,30D. The molecule has 214 valence electrons. The second-order valence-corrected chi connectivity index (χ2v) is 10.1. The lowest BCUT2D eigenvalue weighted by molar-refractivity contribution is 1.62. The molecule has 0 atom stereocenters. The van der Waals surface area contributed by atoms with E-state index in [1.165, 1.54) is 12.1 Å². The van der Waals surface area contributed by atoms with E-state index in [1.54, 1.807) is 18.2 Å².